The number of benzene rings is 2. The van der Waals surface area contributed by atoms with Crippen LogP contribution in [0.2, 0.25) is 0 Å². The van der Waals surface area contributed by atoms with E-state index in [4.69, 9.17) is 0 Å². The number of nitrogens with zero attached hydrogens (tertiary/aromatic N) is 1. The van der Waals surface area contributed by atoms with Gasteiger partial charge in [0, 0.05) is 31.5 Å². The molecule has 160 valence electrons. The summed E-state index contributed by atoms with van der Waals surface area (Å²) in [6.07, 6.45) is 3.97. The lowest BCUT2D eigenvalue weighted by atomic mass is 9.94. The van der Waals surface area contributed by atoms with Gasteiger partial charge in [0.2, 0.25) is 5.91 Å². The molecule has 0 unspecified atom stereocenters. The molecule has 0 bridgehead atoms. The molecule has 1 amide bonds. The Bertz CT molecular complexity index is 857. The van der Waals surface area contributed by atoms with E-state index in [2.05, 4.69) is 34.5 Å². The molecule has 1 aliphatic rings. The van der Waals surface area contributed by atoms with Crippen molar-refractivity contribution in [1.82, 2.24) is 10.2 Å². The van der Waals surface area contributed by atoms with Crippen LogP contribution in [0.4, 0.5) is 0 Å². The lowest BCUT2D eigenvalue weighted by Gasteiger charge is -2.14. The van der Waals surface area contributed by atoms with E-state index in [-0.39, 0.29) is 11.7 Å². The average molecular weight is 407 g/mol. The van der Waals surface area contributed by atoms with Gasteiger partial charge in [-0.05, 0) is 75.4 Å². The fourth-order valence-electron chi connectivity index (χ4n) is 4.40. The second kappa shape index (κ2) is 10.5. The van der Waals surface area contributed by atoms with Gasteiger partial charge in [-0.25, -0.2) is 0 Å². The van der Waals surface area contributed by atoms with Gasteiger partial charge in [0.25, 0.3) is 0 Å². The molecule has 4 heteroatoms. The maximum absolute atomic E-state index is 12.6. The van der Waals surface area contributed by atoms with Gasteiger partial charge < -0.3 is 5.32 Å². The SMILES string of the molecule is Cc1cc(C)c(C(=O)CCCC(=O)NCc2ccc(CN3CCCC3)cc2)c(C)c1. The number of amides is 1. The molecule has 0 radical (unpaired) electrons. The fourth-order valence-corrected chi connectivity index (χ4v) is 4.40. The smallest absolute Gasteiger partial charge is 0.220 e. The highest BCUT2D eigenvalue weighted by molar-refractivity contribution is 5.99. The van der Waals surface area contributed by atoms with Crippen molar-refractivity contribution in [2.45, 2.75) is 66.0 Å². The van der Waals surface area contributed by atoms with Crippen LogP contribution in [0.5, 0.6) is 0 Å². The van der Waals surface area contributed by atoms with Crippen molar-refractivity contribution in [2.24, 2.45) is 0 Å². The number of ketones is 1. The van der Waals surface area contributed by atoms with E-state index in [1.54, 1.807) is 0 Å². The van der Waals surface area contributed by atoms with Crippen LogP contribution in [0.1, 0.15) is 70.3 Å². The highest BCUT2D eigenvalue weighted by Crippen LogP contribution is 2.19. The summed E-state index contributed by atoms with van der Waals surface area (Å²) in [4.78, 5) is 27.2. The normalized spacial score (nSPS) is 14.1. The summed E-state index contributed by atoms with van der Waals surface area (Å²) in [7, 11) is 0. The van der Waals surface area contributed by atoms with Crippen molar-refractivity contribution in [3.05, 3.63) is 69.8 Å². The van der Waals surface area contributed by atoms with E-state index in [1.807, 2.05) is 32.9 Å². The number of aryl methyl sites for hydroxylation is 3. The van der Waals surface area contributed by atoms with Gasteiger partial charge in [0.1, 0.15) is 0 Å². The van der Waals surface area contributed by atoms with Crippen molar-refractivity contribution >= 4 is 11.7 Å². The summed E-state index contributed by atoms with van der Waals surface area (Å²) < 4.78 is 0. The largest absolute Gasteiger partial charge is 0.352 e. The predicted molar refractivity (Wildman–Crippen MR) is 122 cm³/mol. The number of Topliss-reactive ketones (excluding diaryl/α,β-unsaturated/α-hetero) is 1. The van der Waals surface area contributed by atoms with Crippen molar-refractivity contribution in [3.8, 4) is 0 Å². The van der Waals surface area contributed by atoms with Crippen molar-refractivity contribution in [2.75, 3.05) is 13.1 Å². The average Bonchev–Trinajstić information content (AvgIpc) is 3.20. The Morgan fingerprint density at radius 1 is 0.900 bits per heavy atom. The first kappa shape index (κ1) is 22.2. The third kappa shape index (κ3) is 6.27. The number of carbonyl (C=O) groups is 2. The van der Waals surface area contributed by atoms with Crippen LogP contribution >= 0.6 is 0 Å². The number of hydrogen-bond acceptors (Lipinski definition) is 3. The van der Waals surface area contributed by atoms with Gasteiger partial charge in [-0.15, -0.1) is 0 Å². The second-order valence-corrected chi connectivity index (χ2v) is 8.63. The molecule has 0 atom stereocenters. The van der Waals surface area contributed by atoms with Crippen LogP contribution in [-0.2, 0) is 17.9 Å². The van der Waals surface area contributed by atoms with Gasteiger partial charge in [-0.2, -0.15) is 0 Å². The number of hydrogen-bond donors (Lipinski definition) is 1. The van der Waals surface area contributed by atoms with Crippen molar-refractivity contribution < 1.29 is 9.59 Å². The Morgan fingerprint density at radius 2 is 1.50 bits per heavy atom. The Balaban J connectivity index is 1.39. The molecule has 2 aromatic carbocycles. The fraction of sp³-hybridized carbons (Fsp3) is 0.462. The summed E-state index contributed by atoms with van der Waals surface area (Å²) in [6.45, 7) is 9.95. The van der Waals surface area contributed by atoms with Gasteiger partial charge in [0.05, 0.1) is 0 Å². The minimum atomic E-state index is 0.00120. The van der Waals surface area contributed by atoms with Gasteiger partial charge in [0.15, 0.2) is 5.78 Å². The first-order valence-electron chi connectivity index (χ1n) is 11.1. The highest BCUT2D eigenvalue weighted by atomic mass is 16.1. The molecular formula is C26H34N2O2. The molecule has 0 saturated carbocycles. The van der Waals surface area contributed by atoms with Gasteiger partial charge in [-0.3, -0.25) is 14.5 Å². The zero-order chi connectivity index (χ0) is 21.5. The molecule has 30 heavy (non-hydrogen) atoms. The number of carbonyl (C=O) groups excluding carboxylic acids is 2. The minimum absolute atomic E-state index is 0.00120. The van der Waals surface area contributed by atoms with E-state index in [9.17, 15) is 9.59 Å². The molecule has 3 rings (SSSR count). The number of nitrogens with one attached hydrogen (secondary N) is 1. The first-order chi connectivity index (χ1) is 14.4. The second-order valence-electron chi connectivity index (χ2n) is 8.63. The van der Waals surface area contributed by atoms with Gasteiger partial charge in [-0.1, -0.05) is 42.0 Å². The topological polar surface area (TPSA) is 49.4 Å². The molecular weight excluding hydrogens is 372 g/mol. The monoisotopic (exact) mass is 406 g/mol. The Labute approximate surface area is 180 Å². The minimum Gasteiger partial charge on any atom is -0.352 e. The van der Waals surface area contributed by atoms with Crippen molar-refractivity contribution in [3.63, 3.8) is 0 Å². The first-order valence-corrected chi connectivity index (χ1v) is 11.1. The summed E-state index contributed by atoms with van der Waals surface area (Å²) in [6, 6.07) is 12.6. The van der Waals surface area contributed by atoms with E-state index in [0.717, 1.165) is 28.8 Å². The Kier molecular flexibility index (Phi) is 7.81. The van der Waals surface area contributed by atoms with E-state index in [1.165, 1.54) is 37.1 Å². The van der Waals surface area contributed by atoms with Crippen molar-refractivity contribution in [1.29, 1.82) is 0 Å². The zero-order valence-electron chi connectivity index (χ0n) is 18.6. The lowest BCUT2D eigenvalue weighted by molar-refractivity contribution is -0.121. The lowest BCUT2D eigenvalue weighted by Crippen LogP contribution is -2.22. The van der Waals surface area contributed by atoms with Crippen LogP contribution in [0.3, 0.4) is 0 Å². The molecule has 0 aromatic heterocycles. The molecule has 1 fully saturated rings. The maximum Gasteiger partial charge on any atom is 0.220 e. The highest BCUT2D eigenvalue weighted by Gasteiger charge is 2.14. The standard InChI is InChI=1S/C26H34N2O2/c1-19-15-20(2)26(21(3)16-19)24(29)7-6-8-25(30)27-17-22-9-11-23(12-10-22)18-28-13-4-5-14-28/h9-12,15-16H,4-8,13-14,17-18H2,1-3H3,(H,27,30). The zero-order valence-corrected chi connectivity index (χ0v) is 18.6. The van der Waals surface area contributed by atoms with E-state index >= 15 is 0 Å². The third-order valence-corrected chi connectivity index (χ3v) is 5.88. The molecule has 2 aromatic rings. The van der Waals surface area contributed by atoms with E-state index < -0.39 is 0 Å². The van der Waals surface area contributed by atoms with Crippen LogP contribution in [0, 0.1) is 20.8 Å². The Morgan fingerprint density at radius 3 is 2.13 bits per heavy atom. The molecule has 1 aliphatic heterocycles. The molecule has 1 heterocycles. The molecule has 0 aliphatic carbocycles. The van der Waals surface area contributed by atoms with Gasteiger partial charge >= 0.3 is 0 Å². The third-order valence-electron chi connectivity index (χ3n) is 5.88. The molecule has 0 spiro atoms. The van der Waals surface area contributed by atoms with Crippen LogP contribution in [-0.4, -0.2) is 29.7 Å². The van der Waals surface area contributed by atoms with Crippen LogP contribution < -0.4 is 5.32 Å². The summed E-state index contributed by atoms with van der Waals surface area (Å²) in [5, 5.41) is 2.97. The van der Waals surface area contributed by atoms with Crippen LogP contribution in [0.15, 0.2) is 36.4 Å². The summed E-state index contributed by atoms with van der Waals surface area (Å²) in [5.41, 5.74) is 6.47. The molecule has 1 saturated heterocycles. The molecule has 1 N–H and O–H groups in total. The predicted octanol–water partition coefficient (Wildman–Crippen LogP) is 4.88. The van der Waals surface area contributed by atoms with Crippen LogP contribution in [0.25, 0.3) is 0 Å². The Hall–Kier alpha value is -2.46. The summed E-state index contributed by atoms with van der Waals surface area (Å²) >= 11 is 0. The summed E-state index contributed by atoms with van der Waals surface area (Å²) in [5.74, 6) is 0.132. The quantitative estimate of drug-likeness (QED) is 0.604. The van der Waals surface area contributed by atoms with E-state index in [0.29, 0.717) is 25.8 Å². The maximum atomic E-state index is 12.6. The number of likely N-dealkylation sites (tertiary alicyclic amines) is 1. The molecule has 4 nitrogen and oxygen atoms in total. The number of rotatable bonds is 9.